The minimum Gasteiger partial charge on any atom is -0.497 e. The summed E-state index contributed by atoms with van der Waals surface area (Å²) in [5.74, 6) is 0.828. The van der Waals surface area contributed by atoms with Crippen molar-refractivity contribution < 1.29 is 9.53 Å². The van der Waals surface area contributed by atoms with Crippen LogP contribution in [0.2, 0.25) is 0 Å². The molecule has 19 heavy (non-hydrogen) atoms. The van der Waals surface area contributed by atoms with Crippen LogP contribution in [0, 0.1) is 0 Å². The molecule has 0 unspecified atom stereocenters. The maximum absolute atomic E-state index is 12.1. The lowest BCUT2D eigenvalue weighted by Crippen LogP contribution is -2.35. The molecule has 0 aromatic heterocycles. The predicted molar refractivity (Wildman–Crippen MR) is 73.3 cm³/mol. The molecule has 0 aliphatic carbocycles. The number of rotatable bonds is 2. The topological polar surface area (TPSA) is 38.3 Å². The fourth-order valence-corrected chi connectivity index (χ4v) is 2.46. The Hall–Kier alpha value is -2.29. The number of nitrogens with one attached hydrogen (secondary N) is 1. The summed E-state index contributed by atoms with van der Waals surface area (Å²) in [6, 6.07) is 15.6. The van der Waals surface area contributed by atoms with Crippen molar-refractivity contribution in [2.45, 2.75) is 12.5 Å². The molecule has 1 heterocycles. The largest absolute Gasteiger partial charge is 0.497 e. The monoisotopic (exact) mass is 253 g/mol. The molecule has 1 atom stereocenters. The van der Waals surface area contributed by atoms with Crippen LogP contribution in [0.5, 0.6) is 5.75 Å². The summed E-state index contributed by atoms with van der Waals surface area (Å²) in [7, 11) is 1.65. The highest BCUT2D eigenvalue weighted by Gasteiger charge is 2.24. The van der Waals surface area contributed by atoms with Crippen LogP contribution in [0.3, 0.4) is 0 Å². The summed E-state index contributed by atoms with van der Waals surface area (Å²) in [6.45, 7) is 0. The van der Waals surface area contributed by atoms with E-state index in [9.17, 15) is 4.79 Å². The third-order valence-electron chi connectivity index (χ3n) is 3.51. The van der Waals surface area contributed by atoms with E-state index in [1.807, 2.05) is 48.5 Å². The molecule has 96 valence electrons. The third-order valence-corrected chi connectivity index (χ3v) is 3.51. The molecule has 3 heteroatoms. The highest BCUT2D eigenvalue weighted by atomic mass is 16.5. The van der Waals surface area contributed by atoms with Gasteiger partial charge < -0.3 is 10.1 Å². The molecule has 0 radical (unpaired) electrons. The highest BCUT2D eigenvalue weighted by Crippen LogP contribution is 2.26. The van der Waals surface area contributed by atoms with Gasteiger partial charge in [0.25, 0.3) is 5.91 Å². The lowest BCUT2D eigenvalue weighted by molar-refractivity contribution is 0.0925. The third kappa shape index (κ3) is 2.19. The molecule has 0 spiro atoms. The van der Waals surface area contributed by atoms with E-state index in [0.717, 1.165) is 28.9 Å². The van der Waals surface area contributed by atoms with E-state index in [2.05, 4.69) is 5.32 Å². The molecule has 1 aliphatic heterocycles. The van der Waals surface area contributed by atoms with Crippen LogP contribution in [0.4, 0.5) is 0 Å². The van der Waals surface area contributed by atoms with Crippen molar-refractivity contribution in [3.05, 3.63) is 65.2 Å². The molecular formula is C16H15NO2. The van der Waals surface area contributed by atoms with Crippen LogP contribution >= 0.6 is 0 Å². The van der Waals surface area contributed by atoms with E-state index in [1.165, 1.54) is 0 Å². The summed E-state index contributed by atoms with van der Waals surface area (Å²) in [4.78, 5) is 12.1. The first-order valence-corrected chi connectivity index (χ1v) is 6.30. The van der Waals surface area contributed by atoms with Crippen molar-refractivity contribution in [1.29, 1.82) is 0 Å². The zero-order valence-corrected chi connectivity index (χ0v) is 10.7. The number of carbonyl (C=O) groups excluding carboxylic acids is 1. The second-order valence-corrected chi connectivity index (χ2v) is 4.66. The Bertz CT molecular complexity index is 604. The van der Waals surface area contributed by atoms with Gasteiger partial charge in [-0.3, -0.25) is 4.79 Å². The molecule has 2 aromatic carbocycles. The number of amides is 1. The minimum absolute atomic E-state index is 0.00247. The molecule has 1 amide bonds. The van der Waals surface area contributed by atoms with E-state index < -0.39 is 0 Å². The van der Waals surface area contributed by atoms with Crippen molar-refractivity contribution in [2.24, 2.45) is 0 Å². The quantitative estimate of drug-likeness (QED) is 0.893. The Morgan fingerprint density at radius 1 is 1.11 bits per heavy atom. The van der Waals surface area contributed by atoms with Crippen molar-refractivity contribution in [1.82, 2.24) is 5.32 Å². The van der Waals surface area contributed by atoms with Gasteiger partial charge in [0.15, 0.2) is 0 Å². The fourth-order valence-electron chi connectivity index (χ4n) is 2.46. The highest BCUT2D eigenvalue weighted by molar-refractivity contribution is 5.97. The summed E-state index contributed by atoms with van der Waals surface area (Å²) in [5.41, 5.74) is 2.99. The minimum atomic E-state index is 0.00247. The number of methoxy groups -OCH3 is 1. The normalized spacial score (nSPS) is 17.5. The summed E-state index contributed by atoms with van der Waals surface area (Å²) >= 11 is 0. The summed E-state index contributed by atoms with van der Waals surface area (Å²) in [5, 5.41) is 3.05. The Labute approximate surface area is 112 Å². The van der Waals surface area contributed by atoms with Gasteiger partial charge in [0, 0.05) is 5.56 Å². The van der Waals surface area contributed by atoms with Gasteiger partial charge in [0.05, 0.1) is 13.2 Å². The SMILES string of the molecule is COc1ccc([C@@H]2Cc3ccccc3C(=O)N2)cc1. The lowest BCUT2D eigenvalue weighted by atomic mass is 9.91. The molecule has 2 aromatic rings. The average Bonchev–Trinajstić information content (AvgIpc) is 2.47. The Morgan fingerprint density at radius 3 is 2.58 bits per heavy atom. The molecule has 1 aliphatic rings. The van der Waals surface area contributed by atoms with E-state index in [-0.39, 0.29) is 11.9 Å². The maximum Gasteiger partial charge on any atom is 0.252 e. The maximum atomic E-state index is 12.1. The van der Waals surface area contributed by atoms with Crippen LogP contribution in [0.1, 0.15) is 27.5 Å². The zero-order valence-electron chi connectivity index (χ0n) is 10.7. The molecule has 0 bridgehead atoms. The first kappa shape index (κ1) is 11.8. The first-order chi connectivity index (χ1) is 9.28. The van der Waals surface area contributed by atoms with Gasteiger partial charge >= 0.3 is 0 Å². The van der Waals surface area contributed by atoms with E-state index in [0.29, 0.717) is 0 Å². The second kappa shape index (κ2) is 4.76. The Balaban J connectivity index is 1.90. The van der Waals surface area contributed by atoms with E-state index >= 15 is 0 Å². The van der Waals surface area contributed by atoms with Crippen LogP contribution in [0.15, 0.2) is 48.5 Å². The van der Waals surface area contributed by atoms with E-state index in [4.69, 9.17) is 4.74 Å². The van der Waals surface area contributed by atoms with Gasteiger partial charge in [0.1, 0.15) is 5.75 Å². The summed E-state index contributed by atoms with van der Waals surface area (Å²) in [6.07, 6.45) is 0.828. The number of hydrogen-bond donors (Lipinski definition) is 1. The van der Waals surface area contributed by atoms with Crippen molar-refractivity contribution in [3.63, 3.8) is 0 Å². The van der Waals surface area contributed by atoms with Crippen LogP contribution in [-0.2, 0) is 6.42 Å². The van der Waals surface area contributed by atoms with Crippen molar-refractivity contribution in [2.75, 3.05) is 7.11 Å². The molecule has 0 saturated carbocycles. The van der Waals surface area contributed by atoms with Gasteiger partial charge in [-0.2, -0.15) is 0 Å². The number of fused-ring (bicyclic) bond motifs is 1. The van der Waals surface area contributed by atoms with Gasteiger partial charge in [0.2, 0.25) is 0 Å². The number of hydrogen-bond acceptors (Lipinski definition) is 2. The standard InChI is InChI=1S/C16H15NO2/c1-19-13-8-6-11(7-9-13)15-10-12-4-2-3-5-14(12)16(18)17-15/h2-9,15H,10H2,1H3,(H,17,18)/t15-/m0/s1. The Kier molecular flexibility index (Phi) is 2.95. The number of carbonyl (C=O) groups is 1. The van der Waals surface area contributed by atoms with Gasteiger partial charge in [-0.15, -0.1) is 0 Å². The first-order valence-electron chi connectivity index (χ1n) is 6.30. The predicted octanol–water partition coefficient (Wildman–Crippen LogP) is 2.72. The molecule has 0 saturated heterocycles. The number of benzene rings is 2. The molecular weight excluding hydrogens is 238 g/mol. The smallest absolute Gasteiger partial charge is 0.252 e. The summed E-state index contributed by atoms with van der Waals surface area (Å²) < 4.78 is 5.15. The number of ether oxygens (including phenoxy) is 1. The van der Waals surface area contributed by atoms with Gasteiger partial charge in [-0.05, 0) is 35.7 Å². The van der Waals surface area contributed by atoms with E-state index in [1.54, 1.807) is 7.11 Å². The van der Waals surface area contributed by atoms with Crippen LogP contribution in [0.25, 0.3) is 0 Å². The van der Waals surface area contributed by atoms with Crippen LogP contribution in [-0.4, -0.2) is 13.0 Å². The Morgan fingerprint density at radius 2 is 1.84 bits per heavy atom. The molecule has 0 fully saturated rings. The van der Waals surface area contributed by atoms with Crippen LogP contribution < -0.4 is 10.1 Å². The van der Waals surface area contributed by atoms with Gasteiger partial charge in [-0.1, -0.05) is 30.3 Å². The van der Waals surface area contributed by atoms with Crippen molar-refractivity contribution >= 4 is 5.91 Å². The molecule has 3 nitrogen and oxygen atoms in total. The average molecular weight is 253 g/mol. The van der Waals surface area contributed by atoms with Gasteiger partial charge in [-0.25, -0.2) is 0 Å². The lowest BCUT2D eigenvalue weighted by Gasteiger charge is -2.26. The molecule has 3 rings (SSSR count). The zero-order chi connectivity index (χ0) is 13.2. The fraction of sp³-hybridized carbons (Fsp3) is 0.188. The second-order valence-electron chi connectivity index (χ2n) is 4.66. The van der Waals surface area contributed by atoms with Crippen molar-refractivity contribution in [3.8, 4) is 5.75 Å². The molecule has 1 N–H and O–H groups in total.